The fourth-order valence-corrected chi connectivity index (χ4v) is 7.95. The lowest BCUT2D eigenvalue weighted by atomic mass is 9.55. The number of esters is 2. The fraction of sp³-hybridized carbons (Fsp3) is 0.444. The van der Waals surface area contributed by atoms with Crippen LogP contribution in [0.5, 0.6) is 5.75 Å². The van der Waals surface area contributed by atoms with Crippen LogP contribution in [0.15, 0.2) is 78.9 Å². The fourth-order valence-electron chi connectivity index (χ4n) is 7.95. The van der Waals surface area contributed by atoms with Gasteiger partial charge in [-0.15, -0.1) is 0 Å². The summed E-state index contributed by atoms with van der Waals surface area (Å²) >= 11 is 0. The van der Waals surface area contributed by atoms with Gasteiger partial charge in [-0.1, -0.05) is 73.7 Å². The van der Waals surface area contributed by atoms with Crippen LogP contribution < -0.4 is 4.74 Å². The van der Waals surface area contributed by atoms with Gasteiger partial charge in [0.25, 0.3) is 0 Å². The first-order valence-corrected chi connectivity index (χ1v) is 15.1. The molecule has 3 aromatic rings. The predicted molar refractivity (Wildman–Crippen MR) is 156 cm³/mol. The maximum absolute atomic E-state index is 12.8. The van der Waals surface area contributed by atoms with Gasteiger partial charge >= 0.3 is 11.9 Å². The molecular weight excluding hydrogens is 496 g/mol. The van der Waals surface area contributed by atoms with Crippen molar-refractivity contribution in [2.45, 2.75) is 83.2 Å². The molecule has 4 nitrogen and oxygen atoms in total. The van der Waals surface area contributed by atoms with Crippen molar-refractivity contribution in [2.75, 3.05) is 0 Å². The maximum Gasteiger partial charge on any atom is 0.311 e. The Morgan fingerprint density at radius 3 is 2.17 bits per heavy atom. The quantitative estimate of drug-likeness (QED) is 0.219. The number of carbonyl (C=O) groups excluding carboxylic acids is 2. The van der Waals surface area contributed by atoms with Gasteiger partial charge < -0.3 is 9.47 Å². The van der Waals surface area contributed by atoms with Crippen molar-refractivity contribution < 1.29 is 19.1 Å². The van der Waals surface area contributed by atoms with Gasteiger partial charge in [0.1, 0.15) is 11.9 Å². The molecule has 2 saturated carbocycles. The largest absolute Gasteiger partial charge is 0.462 e. The average Bonchev–Trinajstić information content (AvgIpc) is 3.31. The zero-order valence-corrected chi connectivity index (χ0v) is 23.5. The Kier molecular flexibility index (Phi) is 7.78. The zero-order chi connectivity index (χ0) is 27.5. The van der Waals surface area contributed by atoms with E-state index >= 15 is 0 Å². The summed E-state index contributed by atoms with van der Waals surface area (Å²) in [6, 6.07) is 26.5. The summed E-state index contributed by atoms with van der Waals surface area (Å²) in [5.41, 5.74) is 5.17. The minimum absolute atomic E-state index is 0.0285. The number of ether oxygens (including phenoxy) is 2. The lowest BCUT2D eigenvalue weighted by Crippen LogP contribution is -2.45. The average molecular weight is 537 g/mol. The molecule has 0 bridgehead atoms. The third-order valence-electron chi connectivity index (χ3n) is 10.0. The number of rotatable bonds is 8. The van der Waals surface area contributed by atoms with Gasteiger partial charge in [0.2, 0.25) is 0 Å². The summed E-state index contributed by atoms with van der Waals surface area (Å²) in [6.45, 7) is 2.38. The van der Waals surface area contributed by atoms with Gasteiger partial charge in [0.15, 0.2) is 0 Å². The van der Waals surface area contributed by atoms with Crippen molar-refractivity contribution in [1.82, 2.24) is 0 Å². The maximum atomic E-state index is 12.8. The highest BCUT2D eigenvalue weighted by Crippen LogP contribution is 2.61. The van der Waals surface area contributed by atoms with Crippen LogP contribution in [0.3, 0.4) is 0 Å². The number of benzene rings is 3. The lowest BCUT2D eigenvalue weighted by molar-refractivity contribution is -0.157. The molecule has 0 heterocycles. The standard InChI is InChI=1S/C36H40O4/c1-36-23-22-30-29-17-15-28(39-34(37)20-12-25-8-4-2-5-9-25)24-27(29)14-16-31(30)32(36)18-19-33(36)40-35(38)21-13-26-10-6-3-7-11-26/h2-11,15,17,24,30-33H,12-14,16,18-23H2,1H3/t30-,31-,32+,33+,36+/m1/s1. The Bertz CT molecular complexity index is 1330. The number of aryl methyl sites for hydroxylation is 3. The van der Waals surface area contributed by atoms with E-state index in [1.165, 1.54) is 16.7 Å². The van der Waals surface area contributed by atoms with E-state index in [4.69, 9.17) is 9.47 Å². The van der Waals surface area contributed by atoms with Crippen molar-refractivity contribution in [2.24, 2.45) is 17.3 Å². The van der Waals surface area contributed by atoms with Crippen LogP contribution in [0.25, 0.3) is 0 Å². The number of hydrogen-bond donors (Lipinski definition) is 0. The van der Waals surface area contributed by atoms with Gasteiger partial charge in [0.05, 0.1) is 0 Å². The molecule has 5 atom stereocenters. The Morgan fingerprint density at radius 2 is 1.48 bits per heavy atom. The molecule has 0 unspecified atom stereocenters. The first-order valence-electron chi connectivity index (χ1n) is 15.1. The first-order chi connectivity index (χ1) is 19.5. The predicted octanol–water partition coefficient (Wildman–Crippen LogP) is 7.63. The molecule has 6 rings (SSSR count). The molecule has 0 radical (unpaired) electrons. The molecule has 0 aromatic heterocycles. The highest BCUT2D eigenvalue weighted by Gasteiger charge is 2.56. The second-order valence-corrected chi connectivity index (χ2v) is 12.3. The van der Waals surface area contributed by atoms with Crippen LogP contribution >= 0.6 is 0 Å². The summed E-state index contributed by atoms with van der Waals surface area (Å²) < 4.78 is 11.9. The molecule has 40 heavy (non-hydrogen) atoms. The molecule has 0 amide bonds. The van der Waals surface area contributed by atoms with E-state index in [0.29, 0.717) is 42.8 Å². The normalized spacial score (nSPS) is 26.7. The Labute approximate surface area is 238 Å². The van der Waals surface area contributed by atoms with Crippen molar-refractivity contribution in [3.05, 3.63) is 101 Å². The third kappa shape index (κ3) is 5.59. The number of fused-ring (bicyclic) bond motifs is 5. The zero-order valence-electron chi connectivity index (χ0n) is 23.5. The minimum atomic E-state index is -0.179. The smallest absolute Gasteiger partial charge is 0.311 e. The molecule has 4 heteroatoms. The second-order valence-electron chi connectivity index (χ2n) is 12.3. The Hall–Kier alpha value is -3.40. The van der Waals surface area contributed by atoms with E-state index in [1.807, 2.05) is 54.6 Å². The summed E-state index contributed by atoms with van der Waals surface area (Å²) in [6.07, 6.45) is 8.77. The molecule has 0 saturated heterocycles. The Balaban J connectivity index is 1.06. The van der Waals surface area contributed by atoms with Crippen LogP contribution in [0.4, 0.5) is 0 Å². The molecule has 3 aliphatic carbocycles. The first kappa shape index (κ1) is 26.8. The van der Waals surface area contributed by atoms with Crippen molar-refractivity contribution in [1.29, 1.82) is 0 Å². The second kappa shape index (κ2) is 11.6. The monoisotopic (exact) mass is 536 g/mol. The van der Waals surface area contributed by atoms with Crippen molar-refractivity contribution >= 4 is 11.9 Å². The van der Waals surface area contributed by atoms with Gasteiger partial charge in [-0.25, -0.2) is 0 Å². The topological polar surface area (TPSA) is 52.6 Å². The SMILES string of the molecule is C[C@]12CC[C@@H]3c4ccc(OC(=O)CCc5ccccc5)cc4CC[C@H]3[C@@H]1CC[C@@H]2OC(=O)CCc1ccccc1. The molecule has 3 aliphatic rings. The molecule has 2 fully saturated rings. The van der Waals surface area contributed by atoms with Gasteiger partial charge in [0, 0.05) is 18.3 Å². The van der Waals surface area contributed by atoms with Gasteiger partial charge in [-0.05, 0) is 104 Å². The highest BCUT2D eigenvalue weighted by molar-refractivity contribution is 5.73. The van der Waals surface area contributed by atoms with Crippen LogP contribution in [0.1, 0.15) is 80.0 Å². The van der Waals surface area contributed by atoms with E-state index in [1.54, 1.807) is 0 Å². The van der Waals surface area contributed by atoms with Crippen molar-refractivity contribution in [3.8, 4) is 5.75 Å². The molecule has 0 N–H and O–H groups in total. The number of carbonyl (C=O) groups is 2. The third-order valence-corrected chi connectivity index (χ3v) is 10.0. The van der Waals surface area contributed by atoms with Crippen LogP contribution in [-0.4, -0.2) is 18.0 Å². The van der Waals surface area contributed by atoms with Gasteiger partial charge in [-0.3, -0.25) is 9.59 Å². The molecular formula is C36H40O4. The summed E-state index contributed by atoms with van der Waals surface area (Å²) in [5.74, 6) is 2.18. The summed E-state index contributed by atoms with van der Waals surface area (Å²) in [4.78, 5) is 25.3. The van der Waals surface area contributed by atoms with E-state index < -0.39 is 0 Å². The van der Waals surface area contributed by atoms with E-state index in [0.717, 1.165) is 50.5 Å². The molecule has 208 valence electrons. The van der Waals surface area contributed by atoms with E-state index in [-0.39, 0.29) is 23.5 Å². The lowest BCUT2D eigenvalue weighted by Gasteiger charge is -2.50. The summed E-state index contributed by atoms with van der Waals surface area (Å²) in [5, 5.41) is 0. The van der Waals surface area contributed by atoms with Gasteiger partial charge in [-0.2, -0.15) is 0 Å². The van der Waals surface area contributed by atoms with Crippen LogP contribution in [0.2, 0.25) is 0 Å². The summed E-state index contributed by atoms with van der Waals surface area (Å²) in [7, 11) is 0. The van der Waals surface area contributed by atoms with Crippen LogP contribution in [-0.2, 0) is 33.6 Å². The van der Waals surface area contributed by atoms with E-state index in [9.17, 15) is 9.59 Å². The van der Waals surface area contributed by atoms with Crippen LogP contribution in [0, 0.1) is 17.3 Å². The molecule has 0 spiro atoms. The molecule has 0 aliphatic heterocycles. The molecule has 3 aromatic carbocycles. The highest BCUT2D eigenvalue weighted by atomic mass is 16.5. The Morgan fingerprint density at radius 1 is 0.800 bits per heavy atom. The number of hydrogen-bond acceptors (Lipinski definition) is 4. The van der Waals surface area contributed by atoms with E-state index in [2.05, 4.69) is 31.2 Å². The van der Waals surface area contributed by atoms with Crippen molar-refractivity contribution in [3.63, 3.8) is 0 Å². The minimum Gasteiger partial charge on any atom is -0.462 e.